The Hall–Kier alpha value is -2.72. The summed E-state index contributed by atoms with van der Waals surface area (Å²) >= 11 is -1.29. The monoisotopic (exact) mass is 487 g/mol. The molecule has 2 atom stereocenters. The van der Waals surface area contributed by atoms with Crippen molar-refractivity contribution in [2.45, 2.75) is 50.6 Å². The minimum absolute atomic E-state index is 0.0475. The second-order valence-electron chi connectivity index (χ2n) is 8.10. The number of nitrogens with two attached hydrogens (primary N) is 1. The van der Waals surface area contributed by atoms with Gasteiger partial charge in [-0.1, -0.05) is 12.1 Å². The summed E-state index contributed by atoms with van der Waals surface area (Å²) in [5, 5.41) is 14.3. The first-order chi connectivity index (χ1) is 16.1. The summed E-state index contributed by atoms with van der Waals surface area (Å²) in [4.78, 5) is 4.97. The Morgan fingerprint density at radius 3 is 2.32 bits per heavy atom. The third-order valence-electron chi connectivity index (χ3n) is 5.03. The van der Waals surface area contributed by atoms with E-state index in [0.29, 0.717) is 27.6 Å². The predicted octanol–water partition coefficient (Wildman–Crippen LogP) is 3.65. The van der Waals surface area contributed by atoms with E-state index in [1.165, 1.54) is 6.07 Å². The Kier molecular flexibility index (Phi) is 10.2. The third-order valence-corrected chi connectivity index (χ3v) is 6.60. The van der Waals surface area contributed by atoms with E-state index in [2.05, 4.69) is 15.6 Å². The fraction of sp³-hybridized carbons (Fsp3) is 0.360. The van der Waals surface area contributed by atoms with E-state index in [-0.39, 0.29) is 16.7 Å². The van der Waals surface area contributed by atoms with Crippen molar-refractivity contribution in [1.82, 2.24) is 10.6 Å². The van der Waals surface area contributed by atoms with Gasteiger partial charge in [0.05, 0.1) is 0 Å². The number of aliphatic imine (C=N–C) groups is 1. The molecule has 0 saturated carbocycles. The van der Waals surface area contributed by atoms with Crippen molar-refractivity contribution in [3.05, 3.63) is 76.4 Å². The van der Waals surface area contributed by atoms with E-state index >= 15 is 0 Å². The summed E-state index contributed by atoms with van der Waals surface area (Å²) in [6, 6.07) is 12.0. The van der Waals surface area contributed by atoms with Crippen LogP contribution in [0.4, 0.5) is 4.39 Å². The molecule has 0 saturated heterocycles. The van der Waals surface area contributed by atoms with Crippen LogP contribution in [0.5, 0.6) is 0 Å². The van der Waals surface area contributed by atoms with Crippen LogP contribution < -0.4 is 16.4 Å². The maximum Gasteiger partial charge on any atom is 0.215 e. The van der Waals surface area contributed by atoms with Gasteiger partial charge in [0.1, 0.15) is 16.8 Å². The van der Waals surface area contributed by atoms with E-state index in [1.807, 2.05) is 45.2 Å². The Morgan fingerprint density at radius 2 is 1.82 bits per heavy atom. The molecule has 0 amide bonds. The molecule has 5 N–H and O–H groups in total. The molecule has 184 valence electrons. The highest BCUT2D eigenvalue weighted by atomic mass is 32.2. The van der Waals surface area contributed by atoms with Gasteiger partial charge in [0.2, 0.25) is 5.90 Å². The van der Waals surface area contributed by atoms with Crippen LogP contribution in [0.3, 0.4) is 0 Å². The number of rotatable bonds is 10. The fourth-order valence-corrected chi connectivity index (χ4v) is 4.16. The summed E-state index contributed by atoms with van der Waals surface area (Å²) < 4.78 is 32.9. The minimum Gasteiger partial charge on any atom is -0.611 e. The number of halogens is 1. The molecule has 34 heavy (non-hydrogen) atoms. The van der Waals surface area contributed by atoms with Crippen molar-refractivity contribution in [3.8, 4) is 0 Å². The first-order valence-corrected chi connectivity index (χ1v) is 12.2. The minimum atomic E-state index is -1.29. The second-order valence-corrected chi connectivity index (χ2v) is 10.1. The quantitative estimate of drug-likeness (QED) is 0.177. The van der Waals surface area contributed by atoms with Crippen LogP contribution in [0.15, 0.2) is 63.7 Å². The topological polar surface area (TPSA) is 119 Å². The highest BCUT2D eigenvalue weighted by Gasteiger charge is 2.21. The molecule has 2 rings (SSSR count). The van der Waals surface area contributed by atoms with Crippen molar-refractivity contribution < 1.29 is 13.7 Å². The van der Waals surface area contributed by atoms with Crippen molar-refractivity contribution in [3.63, 3.8) is 0 Å². The van der Waals surface area contributed by atoms with Gasteiger partial charge in [-0.2, -0.15) is 0 Å². The number of nitrogens with one attached hydrogen (secondary N) is 3. The smallest absolute Gasteiger partial charge is 0.215 e. The summed E-state index contributed by atoms with van der Waals surface area (Å²) in [6.45, 7) is 7.70. The number of hydrogen-bond donors (Lipinski definition) is 4. The van der Waals surface area contributed by atoms with Crippen LogP contribution in [0, 0.1) is 11.2 Å². The van der Waals surface area contributed by atoms with Crippen molar-refractivity contribution >= 4 is 22.8 Å². The van der Waals surface area contributed by atoms with Gasteiger partial charge in [-0.25, -0.2) is 4.39 Å². The summed E-state index contributed by atoms with van der Waals surface area (Å²) in [5.74, 6) is -0.563. The van der Waals surface area contributed by atoms with Gasteiger partial charge in [0, 0.05) is 35.1 Å². The normalized spacial score (nSPS) is 14.6. The lowest BCUT2D eigenvalue weighted by Gasteiger charge is -2.21. The Morgan fingerprint density at radius 1 is 1.18 bits per heavy atom. The van der Waals surface area contributed by atoms with Crippen LogP contribution in [-0.4, -0.2) is 41.7 Å². The molecule has 2 aromatic carbocycles. The summed E-state index contributed by atoms with van der Waals surface area (Å²) in [6.07, 6.45) is -0.819. The molecule has 0 radical (unpaired) electrons. The van der Waals surface area contributed by atoms with Crippen molar-refractivity contribution in [2.75, 3.05) is 14.1 Å². The van der Waals surface area contributed by atoms with Crippen LogP contribution in [0.1, 0.15) is 44.4 Å². The van der Waals surface area contributed by atoms with Gasteiger partial charge < -0.3 is 20.3 Å². The molecule has 0 aromatic heterocycles. The van der Waals surface area contributed by atoms with Gasteiger partial charge in [-0.15, -0.1) is 0 Å². The molecule has 0 spiro atoms. The zero-order chi connectivity index (χ0) is 25.4. The lowest BCUT2D eigenvalue weighted by Crippen LogP contribution is -2.34. The number of allylic oxidation sites excluding steroid dienone is 1. The molecule has 0 bridgehead atoms. The lowest BCUT2D eigenvalue weighted by molar-refractivity contribution is 0.192. The van der Waals surface area contributed by atoms with Gasteiger partial charge in [-0.3, -0.25) is 15.7 Å². The molecule has 0 fully saturated rings. The first kappa shape index (κ1) is 27.5. The number of nitrogens with zero attached hydrogens (tertiary/aromatic N) is 1. The number of likely N-dealkylation sites (N-methyl/N-ethyl adjacent to an activating group) is 1. The Balaban J connectivity index is 2.28. The molecule has 2 aromatic rings. The van der Waals surface area contributed by atoms with E-state index in [1.54, 1.807) is 33.0 Å². The largest absolute Gasteiger partial charge is 0.611 e. The van der Waals surface area contributed by atoms with Crippen molar-refractivity contribution in [2.24, 2.45) is 10.7 Å². The molecule has 0 aliphatic carbocycles. The van der Waals surface area contributed by atoms with E-state index < -0.39 is 23.2 Å². The average Bonchev–Trinajstić information content (AvgIpc) is 2.80. The Bertz CT molecular complexity index is 1050. The third kappa shape index (κ3) is 7.14. The second kappa shape index (κ2) is 12.7. The Labute approximate surface area is 204 Å². The van der Waals surface area contributed by atoms with E-state index in [9.17, 15) is 8.94 Å². The zero-order valence-corrected chi connectivity index (χ0v) is 21.3. The van der Waals surface area contributed by atoms with Crippen LogP contribution in [0.2, 0.25) is 0 Å². The molecule has 2 unspecified atom stereocenters. The fourth-order valence-electron chi connectivity index (χ4n) is 3.20. The SMILES string of the molecule is CNCc1ccc(C(=N)OC(NC)C(/N=C(\C)c2ccc([S+]([O-])C(C)C)cc2F)=C(\C)N)cc1. The average molecular weight is 488 g/mol. The zero-order valence-electron chi connectivity index (χ0n) is 20.5. The van der Waals surface area contributed by atoms with E-state index in [0.717, 1.165) is 12.1 Å². The molecule has 7 nitrogen and oxygen atoms in total. The number of ether oxygens (including phenoxy) is 1. The number of hydrogen-bond acceptors (Lipinski definition) is 7. The highest BCUT2D eigenvalue weighted by Crippen LogP contribution is 2.21. The lowest BCUT2D eigenvalue weighted by atomic mass is 10.1. The van der Waals surface area contributed by atoms with Gasteiger partial charge >= 0.3 is 0 Å². The summed E-state index contributed by atoms with van der Waals surface area (Å²) in [7, 11) is 3.53. The molecular formula is C25H34FN5O2S. The summed E-state index contributed by atoms with van der Waals surface area (Å²) in [5.41, 5.74) is 9.14. The van der Waals surface area contributed by atoms with Gasteiger partial charge in [-0.05, 0) is 82.8 Å². The maximum absolute atomic E-state index is 14.8. The van der Waals surface area contributed by atoms with Crippen molar-refractivity contribution in [1.29, 1.82) is 5.41 Å². The van der Waals surface area contributed by atoms with Crippen LogP contribution in [-0.2, 0) is 22.5 Å². The van der Waals surface area contributed by atoms with E-state index in [4.69, 9.17) is 15.9 Å². The highest BCUT2D eigenvalue weighted by molar-refractivity contribution is 7.92. The predicted molar refractivity (Wildman–Crippen MR) is 137 cm³/mol. The van der Waals surface area contributed by atoms with Crippen LogP contribution in [0.25, 0.3) is 0 Å². The molecule has 0 heterocycles. The van der Waals surface area contributed by atoms with Gasteiger partial charge in [0.15, 0.2) is 11.1 Å². The standard InChI is InChI=1S/C25H34FN5O2S/c1-15(2)34(32)20-11-12-21(22(26)13-20)17(4)31-23(16(3)27)25(30-6)33-24(28)19-9-7-18(8-10-19)14-29-5/h7-13,15,25,28-30H,14,27H2,1-6H3/b23-16-,28-24?,31-17+. The molecule has 0 aliphatic rings. The van der Waals surface area contributed by atoms with Crippen LogP contribution >= 0.6 is 0 Å². The maximum atomic E-state index is 14.8. The number of benzene rings is 2. The molecular weight excluding hydrogens is 453 g/mol. The first-order valence-electron chi connectivity index (χ1n) is 11.0. The molecule has 0 aliphatic heterocycles. The van der Waals surface area contributed by atoms with Gasteiger partial charge in [0.25, 0.3) is 0 Å². The molecule has 9 heteroatoms.